The van der Waals surface area contributed by atoms with E-state index in [4.69, 9.17) is 42.6 Å². The van der Waals surface area contributed by atoms with E-state index in [0.29, 0.717) is 73.0 Å². The van der Waals surface area contributed by atoms with Crippen LogP contribution in [-0.4, -0.2) is 101 Å². The van der Waals surface area contributed by atoms with Gasteiger partial charge in [0, 0.05) is 60.9 Å². The van der Waals surface area contributed by atoms with Gasteiger partial charge in [-0.05, 0) is 172 Å². The number of halogens is 9. The van der Waals surface area contributed by atoms with E-state index in [1.807, 2.05) is 32.3 Å². The van der Waals surface area contributed by atoms with Gasteiger partial charge in [0.25, 0.3) is 20.0 Å². The highest BCUT2D eigenvalue weighted by atomic mass is 79.9. The van der Waals surface area contributed by atoms with E-state index in [1.54, 1.807) is 20.0 Å². The Balaban J connectivity index is 0.000000250. The Labute approximate surface area is 573 Å². The van der Waals surface area contributed by atoms with Crippen LogP contribution in [0.3, 0.4) is 0 Å². The summed E-state index contributed by atoms with van der Waals surface area (Å²) in [5.74, 6) is 0. The summed E-state index contributed by atoms with van der Waals surface area (Å²) in [6.07, 6.45) is 0.622. The largest absolute Gasteiger partial charge is 0.417 e. The van der Waals surface area contributed by atoms with Gasteiger partial charge in [-0.2, -0.15) is 26.3 Å². The molecular weight excluding hydrogens is 1420 g/mol. The van der Waals surface area contributed by atoms with Gasteiger partial charge >= 0.3 is 12.4 Å². The summed E-state index contributed by atoms with van der Waals surface area (Å²) in [5, 5.41) is 12.6. The first kappa shape index (κ1) is 78.2. The molecule has 0 aliphatic heterocycles. The van der Waals surface area contributed by atoms with E-state index < -0.39 is 99.4 Å². The highest BCUT2D eigenvalue weighted by molar-refractivity contribution is 9.10. The van der Waals surface area contributed by atoms with Gasteiger partial charge in [-0.1, -0.05) is 106 Å². The van der Waals surface area contributed by atoms with Gasteiger partial charge in [0.15, 0.2) is 22.8 Å². The summed E-state index contributed by atoms with van der Waals surface area (Å²) >= 11 is 14.5. The van der Waals surface area contributed by atoms with Crippen molar-refractivity contribution in [1.29, 1.82) is 0 Å². The number of carbonyl (C=O) groups excluding carboxylic acids is 1. The molecule has 0 fully saturated rings. The molecule has 0 radical (unpaired) electrons. The summed E-state index contributed by atoms with van der Waals surface area (Å²) in [4.78, 5) is 28.3. The molecule has 8 aromatic rings. The van der Waals surface area contributed by atoms with Crippen molar-refractivity contribution in [2.75, 3.05) is 36.3 Å². The smallest absolute Gasteiger partial charge is 0.382 e. The van der Waals surface area contributed by atoms with Crippen molar-refractivity contribution < 1.29 is 62.6 Å². The summed E-state index contributed by atoms with van der Waals surface area (Å²) in [5.41, 5.74) is 6.31. The van der Waals surface area contributed by atoms with Crippen LogP contribution in [0.2, 0.25) is 43.3 Å². The number of nitrogens with zero attached hydrogens (tertiary/aromatic N) is 8. The van der Waals surface area contributed by atoms with E-state index in [2.05, 4.69) is 130 Å². The second kappa shape index (κ2) is 30.6. The predicted octanol–water partition coefficient (Wildman–Crippen LogP) is 18.4. The number of hydrogen-bond donors (Lipinski definition) is 1. The van der Waals surface area contributed by atoms with E-state index in [1.165, 1.54) is 38.7 Å². The standard InChI is InChI=1S/C33H42ClF3N4O4SSi.C18H28N2OSi.C15H13BrClF3N2O3S/c1-19(2)47(20(3)4,21(5)6)41-13-12-25-29(23(8)17-39-32(25)41)31(42)30-28(14-22(7)16-38-30)40(18-45-9)46(43,44)24-10-11-27(34)26(15-24)33(35,36)37;1-12(2)22(13(3)4,14(5)6)20-9-8-16-17(11-21)15(7)10-19-18(16)20;1-9-5-13(14(16)21-7-9)22(8-25-2)26(23,24)10-3-4-12(17)11(6-10)15(18,19)20/h10-17,19-21,31,42H,18H2,1-9H3;8-14H,1-7H3;3-7H,8H2,1-2H3. The molecule has 0 bridgehead atoms. The molecular formula is C66H83BrCl2F6N8O8S2Si2. The first-order chi connectivity index (χ1) is 44.1. The number of ether oxygens (including phenoxy) is 2. The van der Waals surface area contributed by atoms with Crippen molar-refractivity contribution in [3.8, 4) is 0 Å². The van der Waals surface area contributed by atoms with Crippen LogP contribution in [0.25, 0.3) is 22.1 Å². The second-order valence-electron chi connectivity index (χ2n) is 25.3. The van der Waals surface area contributed by atoms with Crippen LogP contribution in [0.15, 0.2) is 112 Å². The fourth-order valence-electron chi connectivity index (χ4n) is 13.8. The van der Waals surface area contributed by atoms with Crippen LogP contribution in [0, 0.1) is 27.7 Å². The number of alkyl halides is 6. The lowest BCUT2D eigenvalue weighted by atomic mass is 9.98. The lowest BCUT2D eigenvalue weighted by Crippen LogP contribution is -2.51. The average molecular weight is 1500 g/mol. The molecule has 1 atom stereocenters. The van der Waals surface area contributed by atoms with Crippen molar-refractivity contribution in [2.45, 2.75) is 172 Å². The maximum absolute atomic E-state index is 14.0. The van der Waals surface area contributed by atoms with Crippen LogP contribution in [0.4, 0.5) is 37.7 Å². The number of sulfonamides is 2. The summed E-state index contributed by atoms with van der Waals surface area (Å²) in [6, 6.07) is 11.8. The predicted molar refractivity (Wildman–Crippen MR) is 373 cm³/mol. The van der Waals surface area contributed by atoms with Gasteiger partial charge in [0.05, 0.1) is 48.0 Å². The normalized spacial score (nSPS) is 13.1. The molecule has 0 saturated carbocycles. The molecule has 29 heteroatoms. The van der Waals surface area contributed by atoms with E-state index in [0.717, 1.165) is 67.0 Å². The minimum atomic E-state index is -4.89. The number of aliphatic hydroxyl groups excluding tert-OH is 1. The van der Waals surface area contributed by atoms with E-state index in [9.17, 15) is 53.1 Å². The molecule has 518 valence electrons. The van der Waals surface area contributed by atoms with Crippen LogP contribution in [-0.2, 0) is 41.9 Å². The Hall–Kier alpha value is -5.76. The molecule has 1 N–H and O–H groups in total. The Kier molecular flexibility index (Phi) is 25.2. The third kappa shape index (κ3) is 15.4. The Morgan fingerprint density at radius 2 is 0.947 bits per heavy atom. The number of pyridine rings is 4. The highest BCUT2D eigenvalue weighted by Crippen LogP contribution is 2.48. The summed E-state index contributed by atoms with van der Waals surface area (Å²) in [6.45, 7) is 33.7. The molecule has 2 aromatic carbocycles. The van der Waals surface area contributed by atoms with Crippen LogP contribution < -0.4 is 8.61 Å². The topological polar surface area (TPSA) is 192 Å². The molecule has 0 spiro atoms. The van der Waals surface area contributed by atoms with Crippen LogP contribution in [0.1, 0.15) is 144 Å². The molecule has 16 nitrogen and oxygen atoms in total. The molecule has 1 unspecified atom stereocenters. The van der Waals surface area contributed by atoms with Crippen molar-refractivity contribution in [1.82, 2.24) is 28.4 Å². The fraction of sp³-hybridized carbons (Fsp3) is 0.439. The molecule has 95 heavy (non-hydrogen) atoms. The number of aromatic nitrogens is 6. The lowest BCUT2D eigenvalue weighted by Gasteiger charge is -2.44. The summed E-state index contributed by atoms with van der Waals surface area (Å²) < 4.78 is 151. The Morgan fingerprint density at radius 3 is 1.35 bits per heavy atom. The molecule has 0 saturated heterocycles. The Morgan fingerprint density at radius 1 is 0.568 bits per heavy atom. The third-order valence-corrected chi connectivity index (χ3v) is 35.9. The molecule has 6 aromatic heterocycles. The van der Waals surface area contributed by atoms with Crippen LogP contribution in [0.5, 0.6) is 0 Å². The monoisotopic (exact) mass is 1500 g/mol. The number of aryl methyl sites for hydroxylation is 4. The number of aldehydes is 1. The van der Waals surface area contributed by atoms with Gasteiger partial charge in [-0.3, -0.25) is 9.78 Å². The van der Waals surface area contributed by atoms with Crippen molar-refractivity contribution in [3.05, 3.63) is 163 Å². The maximum atomic E-state index is 14.0. The van der Waals surface area contributed by atoms with Crippen molar-refractivity contribution in [2.24, 2.45) is 0 Å². The number of benzene rings is 2. The second-order valence-corrected chi connectivity index (χ2v) is 42.1. The quantitative estimate of drug-likeness (QED) is 0.0236. The maximum Gasteiger partial charge on any atom is 0.417 e. The van der Waals surface area contributed by atoms with Gasteiger partial charge in [0.2, 0.25) is 0 Å². The van der Waals surface area contributed by atoms with Gasteiger partial charge in [0.1, 0.15) is 35.5 Å². The third-order valence-electron chi connectivity index (χ3n) is 17.6. The number of hydrogen-bond acceptors (Lipinski definition) is 12. The molecule has 0 aliphatic rings. The molecule has 0 amide bonds. The van der Waals surface area contributed by atoms with Crippen LogP contribution >= 0.6 is 39.1 Å². The number of carbonyl (C=O) groups is 1. The van der Waals surface area contributed by atoms with Gasteiger partial charge < -0.3 is 23.0 Å². The van der Waals surface area contributed by atoms with Crippen molar-refractivity contribution >= 4 is 115 Å². The highest BCUT2D eigenvalue weighted by Gasteiger charge is 2.48. The Bertz CT molecular complexity index is 4260. The van der Waals surface area contributed by atoms with E-state index >= 15 is 0 Å². The number of fused-ring (bicyclic) bond motifs is 2. The zero-order valence-corrected chi connectivity index (χ0v) is 63.1. The van der Waals surface area contributed by atoms with Crippen molar-refractivity contribution in [3.63, 3.8) is 0 Å². The van der Waals surface area contributed by atoms with E-state index in [-0.39, 0.29) is 21.7 Å². The number of methoxy groups -OCH3 is 2. The average Bonchev–Trinajstić information content (AvgIpc) is 1.66. The minimum Gasteiger partial charge on any atom is -0.382 e. The lowest BCUT2D eigenvalue weighted by molar-refractivity contribution is -0.138. The zero-order valence-electron chi connectivity index (χ0n) is 56.4. The molecule has 6 heterocycles. The number of rotatable bonds is 21. The number of aliphatic hydroxyl groups is 1. The minimum absolute atomic E-state index is 0.00956. The zero-order chi connectivity index (χ0) is 71.6. The first-order valence-electron chi connectivity index (χ1n) is 30.5. The summed E-state index contributed by atoms with van der Waals surface area (Å²) in [7, 11) is -10.6. The SMILES string of the molecule is COCN(c1cc(C)cnc1Br)S(=O)(=O)c1ccc(Cl)c(C(F)(F)F)c1.COCN(c1cc(C)cnc1C(O)c1c(C)cnc2c1ccn2[Si](C(C)C)(C(C)C)C(C)C)S(=O)(=O)c1ccc(Cl)c(C(F)(F)F)c1.Cc1cnc2c(ccn2[Si](C(C)C)(C(C)C)C(C)C)c1C=O. The molecule has 8 rings (SSSR count). The van der Waals surface area contributed by atoms with Gasteiger partial charge in [-0.15, -0.1) is 0 Å². The molecule has 0 aliphatic carbocycles. The van der Waals surface area contributed by atoms with Gasteiger partial charge in [-0.25, -0.2) is 40.4 Å². The first-order valence-corrected chi connectivity index (χ1v) is 39.3. The fourth-order valence-corrected chi connectivity index (χ4v) is 30.7. The number of anilines is 2.